The number of amides is 4. The average molecular weight is 517 g/mol. The van der Waals surface area contributed by atoms with Gasteiger partial charge >= 0.3 is 6.03 Å². The van der Waals surface area contributed by atoms with Crippen LogP contribution in [-0.4, -0.2) is 74.9 Å². The van der Waals surface area contributed by atoms with Crippen molar-refractivity contribution in [3.05, 3.63) is 54.1 Å². The van der Waals surface area contributed by atoms with Crippen LogP contribution in [0.4, 0.5) is 10.5 Å². The summed E-state index contributed by atoms with van der Waals surface area (Å²) < 4.78 is 38.3. The fourth-order valence-electron chi connectivity index (χ4n) is 4.13. The van der Waals surface area contributed by atoms with Crippen LogP contribution in [0.2, 0.25) is 0 Å². The van der Waals surface area contributed by atoms with E-state index in [1.165, 1.54) is 22.5 Å². The maximum atomic E-state index is 13.1. The summed E-state index contributed by atoms with van der Waals surface area (Å²) in [5.74, 6) is -0.988. The summed E-state index contributed by atoms with van der Waals surface area (Å²) in [5, 5.41) is 5.25. The molecule has 2 aromatic rings. The van der Waals surface area contributed by atoms with Gasteiger partial charge in [0.25, 0.3) is 5.91 Å². The summed E-state index contributed by atoms with van der Waals surface area (Å²) in [4.78, 5) is 39.4. The van der Waals surface area contributed by atoms with Gasteiger partial charge in [0.05, 0.1) is 30.4 Å². The van der Waals surface area contributed by atoms with Gasteiger partial charge in [-0.25, -0.2) is 13.2 Å². The number of carbonyl (C=O) groups excluding carboxylic acids is 3. The average Bonchev–Trinajstić information content (AvgIpc) is 3.10. The van der Waals surface area contributed by atoms with E-state index in [1.54, 1.807) is 44.2 Å². The minimum atomic E-state index is -3.82. The van der Waals surface area contributed by atoms with Gasteiger partial charge in [0, 0.05) is 13.1 Å². The summed E-state index contributed by atoms with van der Waals surface area (Å²) in [6.45, 7) is 4.10. The molecule has 12 heteroatoms. The third kappa shape index (κ3) is 4.92. The summed E-state index contributed by atoms with van der Waals surface area (Å²) in [7, 11) is -3.82. The first-order valence-electron chi connectivity index (χ1n) is 11.5. The number of imide groups is 1. The molecule has 0 spiro atoms. The molecule has 4 amide bonds. The van der Waals surface area contributed by atoms with Crippen molar-refractivity contribution in [3.63, 3.8) is 0 Å². The number of nitrogens with zero attached hydrogens (tertiary/aromatic N) is 2. The molecule has 11 nitrogen and oxygen atoms in total. The zero-order chi connectivity index (χ0) is 25.9. The van der Waals surface area contributed by atoms with E-state index in [0.717, 1.165) is 4.90 Å². The Bertz CT molecular complexity index is 1260. The number of anilines is 1. The van der Waals surface area contributed by atoms with Crippen LogP contribution in [0.5, 0.6) is 5.75 Å². The van der Waals surface area contributed by atoms with E-state index >= 15 is 0 Å². The largest absolute Gasteiger partial charge is 0.492 e. The Labute approximate surface area is 209 Å². The number of hydrogen-bond acceptors (Lipinski definition) is 7. The number of hydrogen-bond donors (Lipinski definition) is 2. The van der Waals surface area contributed by atoms with Gasteiger partial charge < -0.3 is 20.1 Å². The van der Waals surface area contributed by atoms with Crippen LogP contribution in [0.1, 0.15) is 19.4 Å². The molecule has 2 aromatic carbocycles. The molecule has 2 N–H and O–H groups in total. The molecule has 1 atom stereocenters. The van der Waals surface area contributed by atoms with E-state index in [0.29, 0.717) is 18.8 Å². The van der Waals surface area contributed by atoms with Gasteiger partial charge in [-0.15, -0.1) is 0 Å². The van der Waals surface area contributed by atoms with Gasteiger partial charge in [-0.1, -0.05) is 30.3 Å². The quantitative estimate of drug-likeness (QED) is 0.508. The Kier molecular flexibility index (Phi) is 7.29. The zero-order valence-electron chi connectivity index (χ0n) is 20.0. The first kappa shape index (κ1) is 25.6. The van der Waals surface area contributed by atoms with Gasteiger partial charge in [0.1, 0.15) is 17.8 Å². The van der Waals surface area contributed by atoms with Crippen LogP contribution in [0.25, 0.3) is 0 Å². The number of rotatable bonds is 8. The van der Waals surface area contributed by atoms with Gasteiger partial charge in [-0.05, 0) is 37.6 Å². The Morgan fingerprint density at radius 3 is 2.50 bits per heavy atom. The smallest absolute Gasteiger partial charge is 0.325 e. The second kappa shape index (κ2) is 10.2. The van der Waals surface area contributed by atoms with Gasteiger partial charge in [-0.2, -0.15) is 4.31 Å². The molecule has 2 aliphatic heterocycles. The fraction of sp³-hybridized carbons (Fsp3) is 0.375. The lowest BCUT2D eigenvalue weighted by molar-refractivity contribution is -0.133. The molecule has 0 aliphatic carbocycles. The van der Waals surface area contributed by atoms with E-state index in [2.05, 4.69) is 10.6 Å². The Balaban J connectivity index is 1.54. The van der Waals surface area contributed by atoms with Crippen molar-refractivity contribution >= 4 is 33.6 Å². The second-order valence-electron chi connectivity index (χ2n) is 8.47. The van der Waals surface area contributed by atoms with Crippen molar-refractivity contribution < 1.29 is 32.3 Å². The third-order valence-electron chi connectivity index (χ3n) is 6.06. The summed E-state index contributed by atoms with van der Waals surface area (Å²) in [6, 6.07) is 12.2. The number of ether oxygens (including phenoxy) is 2. The van der Waals surface area contributed by atoms with Gasteiger partial charge in [0.2, 0.25) is 15.9 Å². The molecule has 192 valence electrons. The molecule has 0 bridgehead atoms. The molecule has 2 fully saturated rings. The van der Waals surface area contributed by atoms with E-state index < -0.39 is 40.0 Å². The standard InChI is InChI=1S/C24H28N4O7S/c1-3-35-20-10-9-18(36(32,33)27-11-13-34-14-12-27)15-19(20)25-21(29)16-28-22(30)24(2,26-23(28)31)17-7-5-4-6-8-17/h4-10,15H,3,11-14,16H2,1-2H3,(H,25,29)(H,26,31)/t24-/m1/s1. The molecular formula is C24H28N4O7S. The number of carbonyl (C=O) groups is 3. The SMILES string of the molecule is CCOc1ccc(S(=O)(=O)N2CCOCC2)cc1NC(=O)CN1C(=O)N[C@](C)(c2ccccc2)C1=O. The molecule has 2 heterocycles. The Morgan fingerprint density at radius 1 is 1.14 bits per heavy atom. The van der Waals surface area contributed by atoms with Crippen LogP contribution in [0.15, 0.2) is 53.4 Å². The van der Waals surface area contributed by atoms with E-state index in [1.807, 2.05) is 0 Å². The van der Waals surface area contributed by atoms with Crippen molar-refractivity contribution in [2.75, 3.05) is 44.8 Å². The molecule has 36 heavy (non-hydrogen) atoms. The second-order valence-corrected chi connectivity index (χ2v) is 10.4. The van der Waals surface area contributed by atoms with Crippen LogP contribution >= 0.6 is 0 Å². The molecule has 0 aromatic heterocycles. The number of morpholine rings is 1. The number of nitrogens with one attached hydrogen (secondary N) is 2. The van der Waals surface area contributed by atoms with Crippen molar-refractivity contribution in [1.29, 1.82) is 0 Å². The third-order valence-corrected chi connectivity index (χ3v) is 7.96. The maximum Gasteiger partial charge on any atom is 0.325 e. The van der Waals surface area contributed by atoms with Crippen LogP contribution in [0, 0.1) is 0 Å². The lowest BCUT2D eigenvalue weighted by atomic mass is 9.92. The highest BCUT2D eigenvalue weighted by Gasteiger charge is 2.49. The zero-order valence-corrected chi connectivity index (χ0v) is 20.8. The molecule has 2 saturated heterocycles. The topological polar surface area (TPSA) is 134 Å². The van der Waals surface area contributed by atoms with Crippen molar-refractivity contribution in [3.8, 4) is 5.75 Å². The number of urea groups is 1. The fourth-order valence-corrected chi connectivity index (χ4v) is 5.56. The van der Waals surface area contributed by atoms with E-state index in [9.17, 15) is 22.8 Å². The Hall–Kier alpha value is -3.48. The molecule has 0 saturated carbocycles. The number of sulfonamides is 1. The molecule has 4 rings (SSSR count). The normalized spacial score (nSPS) is 20.8. The highest BCUT2D eigenvalue weighted by Crippen LogP contribution is 2.31. The first-order chi connectivity index (χ1) is 17.2. The number of benzene rings is 2. The molecule has 0 radical (unpaired) electrons. The van der Waals surface area contributed by atoms with E-state index in [4.69, 9.17) is 9.47 Å². The predicted octanol–water partition coefficient (Wildman–Crippen LogP) is 1.51. The van der Waals surface area contributed by atoms with E-state index in [-0.39, 0.29) is 36.0 Å². The molecule has 2 aliphatic rings. The van der Waals surface area contributed by atoms with Gasteiger partial charge in [0.15, 0.2) is 0 Å². The van der Waals surface area contributed by atoms with Crippen LogP contribution in [0.3, 0.4) is 0 Å². The minimum Gasteiger partial charge on any atom is -0.492 e. The van der Waals surface area contributed by atoms with Crippen molar-refractivity contribution in [2.45, 2.75) is 24.3 Å². The lowest BCUT2D eigenvalue weighted by Crippen LogP contribution is -2.42. The highest BCUT2D eigenvalue weighted by molar-refractivity contribution is 7.89. The van der Waals surface area contributed by atoms with Crippen molar-refractivity contribution in [1.82, 2.24) is 14.5 Å². The summed E-state index contributed by atoms with van der Waals surface area (Å²) in [6.07, 6.45) is 0. The summed E-state index contributed by atoms with van der Waals surface area (Å²) >= 11 is 0. The predicted molar refractivity (Wildman–Crippen MR) is 130 cm³/mol. The van der Waals surface area contributed by atoms with Crippen molar-refractivity contribution in [2.24, 2.45) is 0 Å². The van der Waals surface area contributed by atoms with Gasteiger partial charge in [-0.3, -0.25) is 14.5 Å². The monoisotopic (exact) mass is 516 g/mol. The van der Waals surface area contributed by atoms with Crippen LogP contribution < -0.4 is 15.4 Å². The van der Waals surface area contributed by atoms with Crippen LogP contribution in [-0.2, 0) is 29.9 Å². The molecule has 0 unspecified atom stereocenters. The first-order valence-corrected chi connectivity index (χ1v) is 12.9. The maximum absolute atomic E-state index is 13.1. The summed E-state index contributed by atoms with van der Waals surface area (Å²) in [5.41, 5.74) is -0.596. The lowest BCUT2D eigenvalue weighted by Gasteiger charge is -2.26. The minimum absolute atomic E-state index is 0.0187. The highest BCUT2D eigenvalue weighted by atomic mass is 32.2. The Morgan fingerprint density at radius 2 is 1.83 bits per heavy atom. The molecular weight excluding hydrogens is 488 g/mol.